The van der Waals surface area contributed by atoms with Gasteiger partial charge in [0.25, 0.3) is 0 Å². The molecule has 156 valence electrons. The van der Waals surface area contributed by atoms with Crippen LogP contribution in [0.25, 0.3) is 11.1 Å². The maximum atomic E-state index is 12.3. The van der Waals surface area contributed by atoms with Crippen LogP contribution in [0.2, 0.25) is 0 Å². The molecular weight excluding hydrogens is 420 g/mol. The highest BCUT2D eigenvalue weighted by molar-refractivity contribution is 7.99. The Hall–Kier alpha value is -2.65. The number of anilines is 1. The van der Waals surface area contributed by atoms with Crippen molar-refractivity contribution in [3.63, 3.8) is 0 Å². The van der Waals surface area contributed by atoms with E-state index in [1.165, 1.54) is 11.8 Å². The molecule has 1 unspecified atom stereocenters. The normalized spacial score (nSPS) is 17.7. The lowest BCUT2D eigenvalue weighted by Crippen LogP contribution is -2.14. The van der Waals surface area contributed by atoms with E-state index >= 15 is 0 Å². The van der Waals surface area contributed by atoms with Crippen LogP contribution in [0.3, 0.4) is 0 Å². The molecule has 0 aliphatic carbocycles. The van der Waals surface area contributed by atoms with Gasteiger partial charge in [0, 0.05) is 18.7 Å². The fraction of sp³-hybridized carbons (Fsp3) is 0.286. The molecule has 7 nitrogen and oxygen atoms in total. The average Bonchev–Trinajstić information content (AvgIpc) is 3.29. The van der Waals surface area contributed by atoms with Crippen LogP contribution in [-0.4, -0.2) is 46.3 Å². The summed E-state index contributed by atoms with van der Waals surface area (Å²) in [5.74, 6) is 0.895. The first-order valence-electron chi connectivity index (χ1n) is 9.59. The molecule has 2 heterocycles. The van der Waals surface area contributed by atoms with Gasteiger partial charge in [-0.25, -0.2) is 8.42 Å². The van der Waals surface area contributed by atoms with Crippen molar-refractivity contribution in [3.8, 4) is 11.1 Å². The number of rotatable bonds is 6. The second-order valence-corrected chi connectivity index (χ2v) is 10.5. The second kappa shape index (κ2) is 8.61. The highest BCUT2D eigenvalue weighted by atomic mass is 32.2. The SMILES string of the molecule is Cn1c(SCC(=O)Nc2ccc(-c3ccccc3)cc2)nnc1C1CCS(=O)(=O)C1. The quantitative estimate of drug-likeness (QED) is 0.590. The highest BCUT2D eigenvalue weighted by Crippen LogP contribution is 2.29. The monoisotopic (exact) mass is 442 g/mol. The van der Waals surface area contributed by atoms with Gasteiger partial charge in [0.2, 0.25) is 5.91 Å². The third kappa shape index (κ3) is 4.73. The van der Waals surface area contributed by atoms with Crippen molar-refractivity contribution < 1.29 is 13.2 Å². The van der Waals surface area contributed by atoms with Crippen LogP contribution in [0.1, 0.15) is 18.2 Å². The van der Waals surface area contributed by atoms with Gasteiger partial charge in [0.1, 0.15) is 5.82 Å². The minimum absolute atomic E-state index is 0.114. The van der Waals surface area contributed by atoms with Crippen molar-refractivity contribution in [2.75, 3.05) is 22.6 Å². The van der Waals surface area contributed by atoms with Gasteiger partial charge in [-0.15, -0.1) is 10.2 Å². The van der Waals surface area contributed by atoms with Gasteiger partial charge in [-0.2, -0.15) is 0 Å². The Morgan fingerprint density at radius 2 is 1.80 bits per heavy atom. The number of sulfone groups is 1. The minimum Gasteiger partial charge on any atom is -0.325 e. The van der Waals surface area contributed by atoms with Crippen LogP contribution < -0.4 is 5.32 Å². The van der Waals surface area contributed by atoms with Gasteiger partial charge < -0.3 is 9.88 Å². The standard InChI is InChI=1S/C21H22N4O3S2/c1-25-20(17-11-12-30(27,28)14-17)23-24-21(25)29-13-19(26)22-18-9-7-16(8-10-18)15-5-3-2-4-6-15/h2-10,17H,11-14H2,1H3,(H,22,26). The third-order valence-electron chi connectivity index (χ3n) is 5.07. The summed E-state index contributed by atoms with van der Waals surface area (Å²) < 4.78 is 25.2. The molecule has 1 saturated heterocycles. The molecule has 1 aliphatic heterocycles. The zero-order chi connectivity index (χ0) is 21.1. The van der Waals surface area contributed by atoms with Crippen molar-refractivity contribution in [2.24, 2.45) is 7.05 Å². The topological polar surface area (TPSA) is 93.9 Å². The molecule has 1 amide bonds. The van der Waals surface area contributed by atoms with E-state index in [1.54, 1.807) is 4.57 Å². The van der Waals surface area contributed by atoms with Crippen molar-refractivity contribution in [1.82, 2.24) is 14.8 Å². The van der Waals surface area contributed by atoms with E-state index in [0.29, 0.717) is 17.4 Å². The van der Waals surface area contributed by atoms with Crippen LogP contribution in [0, 0.1) is 0 Å². The van der Waals surface area contributed by atoms with Gasteiger partial charge in [-0.3, -0.25) is 4.79 Å². The summed E-state index contributed by atoms with van der Waals surface area (Å²) in [6, 6.07) is 17.8. The number of nitrogens with one attached hydrogen (secondary N) is 1. The highest BCUT2D eigenvalue weighted by Gasteiger charge is 2.32. The molecule has 1 N–H and O–H groups in total. The molecule has 30 heavy (non-hydrogen) atoms. The number of thioether (sulfide) groups is 1. The van der Waals surface area contributed by atoms with Crippen molar-refractivity contribution in [3.05, 3.63) is 60.4 Å². The maximum absolute atomic E-state index is 12.3. The predicted octanol–water partition coefficient (Wildman–Crippen LogP) is 3.12. The number of carbonyl (C=O) groups excluding carboxylic acids is 1. The van der Waals surface area contributed by atoms with Gasteiger partial charge in [0.15, 0.2) is 15.0 Å². The fourth-order valence-corrected chi connectivity index (χ4v) is 5.97. The molecule has 1 aromatic heterocycles. The van der Waals surface area contributed by atoms with Gasteiger partial charge >= 0.3 is 0 Å². The Labute approximate surface area is 179 Å². The number of benzene rings is 2. The summed E-state index contributed by atoms with van der Waals surface area (Å²) in [6.07, 6.45) is 0.568. The van der Waals surface area contributed by atoms with E-state index in [-0.39, 0.29) is 29.1 Å². The molecule has 0 radical (unpaired) electrons. The molecule has 1 atom stereocenters. The lowest BCUT2D eigenvalue weighted by Gasteiger charge is -2.08. The Balaban J connectivity index is 1.33. The van der Waals surface area contributed by atoms with Crippen molar-refractivity contribution >= 4 is 33.2 Å². The molecule has 1 aliphatic rings. The molecular formula is C21H22N4O3S2. The number of amides is 1. The zero-order valence-electron chi connectivity index (χ0n) is 16.5. The first-order chi connectivity index (χ1) is 14.4. The first-order valence-corrected chi connectivity index (χ1v) is 12.4. The van der Waals surface area contributed by atoms with Crippen LogP contribution in [-0.2, 0) is 21.7 Å². The van der Waals surface area contributed by atoms with Crippen LogP contribution >= 0.6 is 11.8 Å². The maximum Gasteiger partial charge on any atom is 0.234 e. The Bertz CT molecular complexity index is 1140. The largest absolute Gasteiger partial charge is 0.325 e. The molecule has 3 aromatic rings. The minimum atomic E-state index is -2.98. The van der Waals surface area contributed by atoms with E-state index in [2.05, 4.69) is 15.5 Å². The van der Waals surface area contributed by atoms with E-state index in [1.807, 2.05) is 61.6 Å². The third-order valence-corrected chi connectivity index (χ3v) is 7.86. The second-order valence-electron chi connectivity index (χ2n) is 7.28. The Morgan fingerprint density at radius 3 is 2.47 bits per heavy atom. The average molecular weight is 443 g/mol. The van der Waals surface area contributed by atoms with Crippen LogP contribution in [0.15, 0.2) is 59.8 Å². The number of nitrogens with zero attached hydrogens (tertiary/aromatic N) is 3. The summed E-state index contributed by atoms with van der Waals surface area (Å²) in [5.41, 5.74) is 2.94. The molecule has 0 saturated carbocycles. The Morgan fingerprint density at radius 1 is 1.10 bits per heavy atom. The van der Waals surface area contributed by atoms with E-state index in [0.717, 1.165) is 16.8 Å². The van der Waals surface area contributed by atoms with E-state index < -0.39 is 9.84 Å². The number of aromatic nitrogens is 3. The molecule has 9 heteroatoms. The van der Waals surface area contributed by atoms with Crippen LogP contribution in [0.4, 0.5) is 5.69 Å². The summed E-state index contributed by atoms with van der Waals surface area (Å²) in [6.45, 7) is 0. The Kier molecular flexibility index (Phi) is 5.92. The van der Waals surface area contributed by atoms with Crippen LogP contribution in [0.5, 0.6) is 0 Å². The zero-order valence-corrected chi connectivity index (χ0v) is 18.1. The van der Waals surface area contributed by atoms with Gasteiger partial charge in [-0.1, -0.05) is 54.2 Å². The van der Waals surface area contributed by atoms with Crippen molar-refractivity contribution in [1.29, 1.82) is 0 Å². The molecule has 4 rings (SSSR count). The first kappa shape index (κ1) is 20.6. The number of carbonyl (C=O) groups is 1. The summed E-state index contributed by atoms with van der Waals surface area (Å²) in [7, 11) is -1.18. The fourth-order valence-electron chi connectivity index (χ4n) is 3.51. The smallest absolute Gasteiger partial charge is 0.234 e. The predicted molar refractivity (Wildman–Crippen MR) is 118 cm³/mol. The summed E-state index contributed by atoms with van der Waals surface area (Å²) in [5, 5.41) is 11.8. The lowest BCUT2D eigenvalue weighted by atomic mass is 10.1. The van der Waals surface area contributed by atoms with Crippen molar-refractivity contribution in [2.45, 2.75) is 17.5 Å². The number of hydrogen-bond acceptors (Lipinski definition) is 6. The molecule has 0 spiro atoms. The summed E-state index contributed by atoms with van der Waals surface area (Å²) >= 11 is 1.28. The number of hydrogen-bond donors (Lipinski definition) is 1. The lowest BCUT2D eigenvalue weighted by molar-refractivity contribution is -0.113. The summed E-state index contributed by atoms with van der Waals surface area (Å²) in [4.78, 5) is 12.3. The molecule has 0 bridgehead atoms. The van der Waals surface area contributed by atoms with Gasteiger partial charge in [-0.05, 0) is 29.7 Å². The van der Waals surface area contributed by atoms with Gasteiger partial charge in [0.05, 0.1) is 17.3 Å². The molecule has 1 fully saturated rings. The molecule has 2 aromatic carbocycles. The van der Waals surface area contributed by atoms with E-state index in [4.69, 9.17) is 0 Å². The van der Waals surface area contributed by atoms with E-state index in [9.17, 15) is 13.2 Å².